The van der Waals surface area contributed by atoms with Crippen LogP contribution in [-0.2, 0) is 17.6 Å². The van der Waals surface area contributed by atoms with Gasteiger partial charge in [-0.15, -0.1) is 0 Å². The molecule has 1 unspecified atom stereocenters. The lowest BCUT2D eigenvalue weighted by Crippen LogP contribution is -2.28. The van der Waals surface area contributed by atoms with E-state index in [-0.39, 0.29) is 22.6 Å². The summed E-state index contributed by atoms with van der Waals surface area (Å²) in [5, 5.41) is 14.1. The first kappa shape index (κ1) is 14.3. The zero-order valence-corrected chi connectivity index (χ0v) is 12.0. The number of hydrogen-bond acceptors (Lipinski definition) is 3. The molecule has 112 valence electrons. The lowest BCUT2D eigenvalue weighted by molar-refractivity contribution is -0.385. The van der Waals surface area contributed by atoms with Crippen molar-refractivity contribution >= 4 is 11.6 Å². The first-order chi connectivity index (χ1) is 10.6. The summed E-state index contributed by atoms with van der Waals surface area (Å²) in [4.78, 5) is 22.7. The Morgan fingerprint density at radius 1 is 1.09 bits per heavy atom. The van der Waals surface area contributed by atoms with Crippen LogP contribution in [0, 0.1) is 10.1 Å². The summed E-state index contributed by atoms with van der Waals surface area (Å²) in [5.74, 6) is -0.0141. The minimum atomic E-state index is -0.375. The topological polar surface area (TPSA) is 72.2 Å². The predicted molar refractivity (Wildman–Crippen MR) is 82.4 cm³/mol. The van der Waals surface area contributed by atoms with Crippen LogP contribution in [0.15, 0.2) is 48.5 Å². The lowest BCUT2D eigenvalue weighted by Gasteiger charge is -2.19. The second-order valence-electron chi connectivity index (χ2n) is 5.41. The van der Waals surface area contributed by atoms with Crippen molar-refractivity contribution < 1.29 is 9.72 Å². The fraction of sp³-hybridized carbons (Fsp3) is 0.235. The predicted octanol–water partition coefficient (Wildman–Crippen LogP) is 2.94. The summed E-state index contributed by atoms with van der Waals surface area (Å²) in [6.45, 7) is 0. The molecule has 0 saturated carbocycles. The molecule has 3 rings (SSSR count). The van der Waals surface area contributed by atoms with Crippen LogP contribution in [0.4, 0.5) is 5.69 Å². The summed E-state index contributed by atoms with van der Waals surface area (Å²) < 4.78 is 0. The van der Waals surface area contributed by atoms with Crippen LogP contribution in [0.3, 0.4) is 0 Å². The Balaban J connectivity index is 1.97. The molecule has 1 amide bonds. The summed E-state index contributed by atoms with van der Waals surface area (Å²) >= 11 is 0. The van der Waals surface area contributed by atoms with Crippen molar-refractivity contribution in [2.75, 3.05) is 0 Å². The summed E-state index contributed by atoms with van der Waals surface area (Å²) in [5.41, 5.74) is 2.91. The summed E-state index contributed by atoms with van der Waals surface area (Å²) in [6.07, 6.45) is 1.57. The van der Waals surface area contributed by atoms with Gasteiger partial charge in [-0.1, -0.05) is 42.5 Å². The number of fused-ring (bicyclic) bond motifs is 1. The van der Waals surface area contributed by atoms with E-state index in [9.17, 15) is 14.9 Å². The Labute approximate surface area is 128 Å². The van der Waals surface area contributed by atoms with Crippen molar-refractivity contribution in [2.24, 2.45) is 0 Å². The molecular weight excluding hydrogens is 280 g/mol. The van der Waals surface area contributed by atoms with Crippen molar-refractivity contribution in [1.29, 1.82) is 0 Å². The molecule has 2 aromatic carbocycles. The zero-order chi connectivity index (χ0) is 15.5. The van der Waals surface area contributed by atoms with Crippen molar-refractivity contribution in [3.63, 3.8) is 0 Å². The molecule has 0 aliphatic carbocycles. The van der Waals surface area contributed by atoms with E-state index in [0.29, 0.717) is 24.8 Å². The van der Waals surface area contributed by atoms with Crippen LogP contribution >= 0.6 is 0 Å². The third kappa shape index (κ3) is 2.83. The van der Waals surface area contributed by atoms with Gasteiger partial charge in [0.2, 0.25) is 5.91 Å². The number of nitrogens with one attached hydrogen (secondary N) is 1. The van der Waals surface area contributed by atoms with E-state index in [4.69, 9.17) is 0 Å². The number of nitrogens with zero attached hydrogens (tertiary/aromatic N) is 1. The molecule has 0 fully saturated rings. The van der Waals surface area contributed by atoms with Gasteiger partial charge in [0.15, 0.2) is 0 Å². The molecule has 1 N–H and O–H groups in total. The van der Waals surface area contributed by atoms with Crippen LogP contribution in [-0.4, -0.2) is 10.8 Å². The molecule has 22 heavy (non-hydrogen) atoms. The number of para-hydroxylation sites is 1. The maximum absolute atomic E-state index is 11.9. The first-order valence-corrected chi connectivity index (χ1v) is 7.24. The highest BCUT2D eigenvalue weighted by atomic mass is 16.6. The molecule has 0 spiro atoms. The van der Waals surface area contributed by atoms with Crippen LogP contribution < -0.4 is 5.32 Å². The van der Waals surface area contributed by atoms with Gasteiger partial charge in [-0.3, -0.25) is 14.9 Å². The number of amides is 1. The van der Waals surface area contributed by atoms with E-state index in [1.807, 2.05) is 24.3 Å². The van der Waals surface area contributed by atoms with Crippen LogP contribution in [0.1, 0.15) is 29.2 Å². The van der Waals surface area contributed by atoms with E-state index in [1.165, 1.54) is 6.07 Å². The molecule has 0 bridgehead atoms. The molecule has 2 aromatic rings. The number of hydrogen-bond donors (Lipinski definition) is 1. The molecular formula is C17H16N2O3. The number of benzene rings is 2. The summed E-state index contributed by atoms with van der Waals surface area (Å²) in [6, 6.07) is 14.3. The Hall–Kier alpha value is -2.69. The number of aryl methyl sites for hydroxylation is 1. The van der Waals surface area contributed by atoms with Gasteiger partial charge < -0.3 is 5.32 Å². The Morgan fingerprint density at radius 3 is 2.64 bits per heavy atom. The smallest absolute Gasteiger partial charge is 0.272 e. The Bertz CT molecular complexity index is 727. The third-order valence-electron chi connectivity index (χ3n) is 4.00. The second kappa shape index (κ2) is 5.97. The lowest BCUT2D eigenvalue weighted by atomic mass is 9.94. The first-order valence-electron chi connectivity index (χ1n) is 7.24. The molecule has 1 heterocycles. The number of carbonyl (C=O) groups excluding carboxylic acids is 1. The third-order valence-corrected chi connectivity index (χ3v) is 4.00. The highest BCUT2D eigenvalue weighted by molar-refractivity contribution is 5.77. The molecule has 1 atom stereocenters. The monoisotopic (exact) mass is 296 g/mol. The molecule has 5 heteroatoms. The molecule has 0 saturated heterocycles. The van der Waals surface area contributed by atoms with Crippen LogP contribution in [0.5, 0.6) is 0 Å². The van der Waals surface area contributed by atoms with Gasteiger partial charge in [0.05, 0.1) is 11.0 Å². The molecule has 0 radical (unpaired) electrons. The average molecular weight is 296 g/mol. The van der Waals surface area contributed by atoms with Gasteiger partial charge in [-0.05, 0) is 17.5 Å². The van der Waals surface area contributed by atoms with Crippen molar-refractivity contribution in [2.45, 2.75) is 25.3 Å². The van der Waals surface area contributed by atoms with Gasteiger partial charge in [0.1, 0.15) is 0 Å². The molecule has 1 aliphatic heterocycles. The quantitative estimate of drug-likeness (QED) is 0.699. The molecule has 5 nitrogen and oxygen atoms in total. The van der Waals surface area contributed by atoms with Crippen molar-refractivity contribution in [1.82, 2.24) is 5.32 Å². The largest absolute Gasteiger partial charge is 0.349 e. The minimum absolute atomic E-state index is 0.0141. The molecule has 1 aliphatic rings. The number of carbonyl (C=O) groups is 1. The SMILES string of the molecule is O=C1CCc2ccccc2C(Cc2ccccc2[N+](=O)[O-])N1. The average Bonchev–Trinajstić information content (AvgIpc) is 2.67. The van der Waals surface area contributed by atoms with Crippen LogP contribution in [0.25, 0.3) is 0 Å². The van der Waals surface area contributed by atoms with Gasteiger partial charge >= 0.3 is 0 Å². The van der Waals surface area contributed by atoms with E-state index in [0.717, 1.165) is 11.1 Å². The minimum Gasteiger partial charge on any atom is -0.349 e. The highest BCUT2D eigenvalue weighted by Crippen LogP contribution is 2.29. The highest BCUT2D eigenvalue weighted by Gasteiger charge is 2.24. The van der Waals surface area contributed by atoms with E-state index < -0.39 is 0 Å². The second-order valence-corrected chi connectivity index (χ2v) is 5.41. The van der Waals surface area contributed by atoms with Gasteiger partial charge in [0, 0.05) is 24.5 Å². The maximum Gasteiger partial charge on any atom is 0.272 e. The number of rotatable bonds is 3. The van der Waals surface area contributed by atoms with E-state index in [2.05, 4.69) is 5.32 Å². The standard InChI is InChI=1S/C17H16N2O3/c20-17-10-9-12-5-1-3-7-14(12)15(18-17)11-13-6-2-4-8-16(13)19(21)22/h1-8,15H,9-11H2,(H,18,20). The molecule has 0 aromatic heterocycles. The number of nitro benzene ring substituents is 1. The van der Waals surface area contributed by atoms with E-state index in [1.54, 1.807) is 18.2 Å². The normalized spacial score (nSPS) is 17.3. The fourth-order valence-electron chi connectivity index (χ4n) is 2.94. The van der Waals surface area contributed by atoms with Crippen LogP contribution in [0.2, 0.25) is 0 Å². The van der Waals surface area contributed by atoms with Gasteiger partial charge in [0.25, 0.3) is 5.69 Å². The maximum atomic E-state index is 11.9. The Kier molecular flexibility index (Phi) is 3.87. The summed E-state index contributed by atoms with van der Waals surface area (Å²) in [7, 11) is 0. The van der Waals surface area contributed by atoms with Gasteiger partial charge in [-0.25, -0.2) is 0 Å². The van der Waals surface area contributed by atoms with Crippen molar-refractivity contribution in [3.8, 4) is 0 Å². The van der Waals surface area contributed by atoms with Crippen molar-refractivity contribution in [3.05, 3.63) is 75.3 Å². The zero-order valence-electron chi connectivity index (χ0n) is 12.0. The fourth-order valence-corrected chi connectivity index (χ4v) is 2.94. The number of nitro groups is 1. The van der Waals surface area contributed by atoms with Gasteiger partial charge in [-0.2, -0.15) is 0 Å². The van der Waals surface area contributed by atoms with E-state index >= 15 is 0 Å². The Morgan fingerprint density at radius 2 is 1.82 bits per heavy atom.